The molecule has 0 saturated heterocycles. The van der Waals surface area contributed by atoms with E-state index in [9.17, 15) is 23.9 Å². The van der Waals surface area contributed by atoms with Crippen LogP contribution in [0.15, 0.2) is 42.6 Å². The van der Waals surface area contributed by atoms with E-state index in [0.29, 0.717) is 16.9 Å². The van der Waals surface area contributed by atoms with Crippen molar-refractivity contribution in [3.63, 3.8) is 0 Å². The zero-order valence-corrected chi connectivity index (χ0v) is 18.3. The molecule has 2 aromatic rings. The number of anilines is 1. The normalized spacial score (nSPS) is 16.5. The Balaban J connectivity index is 1.79. The Bertz CT molecular complexity index is 1020. The van der Waals surface area contributed by atoms with Gasteiger partial charge in [0.2, 0.25) is 11.8 Å². The Hall–Kier alpha value is -3.49. The number of carboxylic acid groups (broad SMARTS) is 1. The topological polar surface area (TPSA) is 112 Å². The molecular weight excluding hydrogens is 415 g/mol. The molecule has 0 spiro atoms. The van der Waals surface area contributed by atoms with Crippen molar-refractivity contribution in [2.45, 2.75) is 57.7 Å². The van der Waals surface area contributed by atoms with Crippen LogP contribution in [-0.2, 0) is 22.4 Å². The first-order chi connectivity index (χ1) is 15.1. The van der Waals surface area contributed by atoms with Crippen molar-refractivity contribution < 1.29 is 23.9 Å². The summed E-state index contributed by atoms with van der Waals surface area (Å²) in [6.07, 6.45) is 0.420. The minimum absolute atomic E-state index is 0.0188. The van der Waals surface area contributed by atoms with Gasteiger partial charge in [-0.2, -0.15) is 0 Å². The number of hydrogen-bond donors (Lipinski definition) is 3. The summed E-state index contributed by atoms with van der Waals surface area (Å²) in [4.78, 5) is 42.7. The van der Waals surface area contributed by atoms with Gasteiger partial charge in [0.05, 0.1) is 11.4 Å². The first-order valence-corrected chi connectivity index (χ1v) is 10.4. The molecule has 0 saturated carbocycles. The summed E-state index contributed by atoms with van der Waals surface area (Å²) in [7, 11) is 0. The zero-order valence-electron chi connectivity index (χ0n) is 18.3. The minimum atomic E-state index is -1.21. The molecule has 0 aliphatic carbocycles. The van der Waals surface area contributed by atoms with Gasteiger partial charge in [-0.1, -0.05) is 18.2 Å². The average molecular weight is 442 g/mol. The molecule has 1 aliphatic heterocycles. The lowest BCUT2D eigenvalue weighted by Gasteiger charge is -2.39. The van der Waals surface area contributed by atoms with E-state index < -0.39 is 35.4 Å². The second kappa shape index (κ2) is 9.33. The van der Waals surface area contributed by atoms with Gasteiger partial charge < -0.3 is 15.7 Å². The molecule has 0 fully saturated rings. The lowest BCUT2D eigenvalue weighted by Crippen LogP contribution is -2.54. The van der Waals surface area contributed by atoms with Crippen LogP contribution < -0.4 is 10.6 Å². The Kier molecular flexibility index (Phi) is 6.76. The van der Waals surface area contributed by atoms with Gasteiger partial charge in [-0.3, -0.25) is 19.5 Å². The van der Waals surface area contributed by atoms with Gasteiger partial charge >= 0.3 is 6.09 Å². The molecule has 2 heterocycles. The molecule has 1 aliphatic rings. The van der Waals surface area contributed by atoms with Gasteiger partial charge in [-0.05, 0) is 51.0 Å². The number of rotatable bonds is 6. The Morgan fingerprint density at radius 1 is 1.28 bits per heavy atom. The largest absolute Gasteiger partial charge is 0.465 e. The maximum absolute atomic E-state index is 14.3. The Morgan fingerprint density at radius 2 is 2.00 bits per heavy atom. The molecule has 1 aromatic heterocycles. The predicted octanol–water partition coefficient (Wildman–Crippen LogP) is 2.98. The number of nitrogens with one attached hydrogen (secondary N) is 2. The number of pyridine rings is 1. The lowest BCUT2D eigenvalue weighted by molar-refractivity contribution is -0.127. The number of benzene rings is 1. The third kappa shape index (κ3) is 5.40. The predicted molar refractivity (Wildman–Crippen MR) is 117 cm³/mol. The second-order valence-electron chi connectivity index (χ2n) is 8.79. The molecule has 2 atom stereocenters. The van der Waals surface area contributed by atoms with Crippen molar-refractivity contribution in [1.82, 2.24) is 15.2 Å². The molecule has 0 bridgehead atoms. The van der Waals surface area contributed by atoms with E-state index >= 15 is 0 Å². The van der Waals surface area contributed by atoms with Crippen LogP contribution >= 0.6 is 0 Å². The summed E-state index contributed by atoms with van der Waals surface area (Å²) in [6.45, 7) is 5.14. The van der Waals surface area contributed by atoms with Gasteiger partial charge in [0.25, 0.3) is 0 Å². The molecule has 170 valence electrons. The summed E-state index contributed by atoms with van der Waals surface area (Å²) in [5.41, 5.74) is 0.745. The number of hydrogen-bond acceptors (Lipinski definition) is 4. The third-order valence-corrected chi connectivity index (χ3v) is 5.33. The van der Waals surface area contributed by atoms with Crippen LogP contribution in [0.3, 0.4) is 0 Å². The molecule has 8 nitrogen and oxygen atoms in total. The molecule has 1 unspecified atom stereocenters. The zero-order chi connectivity index (χ0) is 23.5. The van der Waals surface area contributed by atoms with Gasteiger partial charge in [0, 0.05) is 30.6 Å². The van der Waals surface area contributed by atoms with Crippen LogP contribution in [0, 0.1) is 5.82 Å². The van der Waals surface area contributed by atoms with E-state index in [4.69, 9.17) is 0 Å². The molecule has 32 heavy (non-hydrogen) atoms. The van der Waals surface area contributed by atoms with Gasteiger partial charge in [0.1, 0.15) is 11.9 Å². The number of nitrogens with zero attached hydrogens (tertiary/aromatic N) is 2. The van der Waals surface area contributed by atoms with E-state index in [1.807, 2.05) is 0 Å². The highest BCUT2D eigenvalue weighted by molar-refractivity contribution is 5.99. The third-order valence-electron chi connectivity index (χ3n) is 5.33. The van der Waals surface area contributed by atoms with Crippen molar-refractivity contribution in [3.05, 3.63) is 59.7 Å². The second-order valence-corrected chi connectivity index (χ2v) is 8.79. The van der Waals surface area contributed by atoms with Crippen LogP contribution in [0.25, 0.3) is 0 Å². The number of carbonyl (C=O) groups is 3. The van der Waals surface area contributed by atoms with E-state index in [-0.39, 0.29) is 25.2 Å². The van der Waals surface area contributed by atoms with Crippen molar-refractivity contribution >= 4 is 23.6 Å². The molecule has 3 amide bonds. The summed E-state index contributed by atoms with van der Waals surface area (Å²) < 4.78 is 14.3. The molecule has 3 N–H and O–H groups in total. The van der Waals surface area contributed by atoms with Crippen molar-refractivity contribution in [1.29, 1.82) is 0 Å². The molecule has 3 rings (SSSR count). The van der Waals surface area contributed by atoms with Crippen molar-refractivity contribution in [2.24, 2.45) is 0 Å². The first-order valence-electron chi connectivity index (χ1n) is 10.4. The van der Waals surface area contributed by atoms with Gasteiger partial charge in [0.15, 0.2) is 0 Å². The number of halogens is 1. The average Bonchev–Trinajstić information content (AvgIpc) is 2.69. The SMILES string of the molecule is CC(C)(C)N(C(=O)O)[C@@H](CC(=O)NC1Cc2ncccc2NC1=O)Cc1ccccc1F. The Labute approximate surface area is 185 Å². The summed E-state index contributed by atoms with van der Waals surface area (Å²) in [6, 6.07) is 7.86. The number of amides is 3. The quantitative estimate of drug-likeness (QED) is 0.637. The molecular formula is C23H27FN4O4. The minimum Gasteiger partial charge on any atom is -0.465 e. The van der Waals surface area contributed by atoms with E-state index in [1.165, 1.54) is 6.07 Å². The van der Waals surface area contributed by atoms with E-state index in [1.54, 1.807) is 57.3 Å². The smallest absolute Gasteiger partial charge is 0.408 e. The monoisotopic (exact) mass is 442 g/mol. The highest BCUT2D eigenvalue weighted by atomic mass is 19.1. The van der Waals surface area contributed by atoms with Crippen LogP contribution in [0.5, 0.6) is 0 Å². The van der Waals surface area contributed by atoms with Crippen LogP contribution in [0.1, 0.15) is 38.4 Å². The highest BCUT2D eigenvalue weighted by Gasteiger charge is 2.36. The van der Waals surface area contributed by atoms with E-state index in [0.717, 1.165) is 4.90 Å². The van der Waals surface area contributed by atoms with Crippen LogP contribution in [0.2, 0.25) is 0 Å². The van der Waals surface area contributed by atoms with Gasteiger partial charge in [-0.15, -0.1) is 0 Å². The first kappa shape index (κ1) is 23.2. The van der Waals surface area contributed by atoms with E-state index in [2.05, 4.69) is 15.6 Å². The van der Waals surface area contributed by atoms with Crippen molar-refractivity contribution in [2.75, 3.05) is 5.32 Å². The van der Waals surface area contributed by atoms with Crippen LogP contribution in [-0.4, -0.2) is 50.5 Å². The van der Waals surface area contributed by atoms with Gasteiger partial charge in [-0.25, -0.2) is 9.18 Å². The summed E-state index contributed by atoms with van der Waals surface area (Å²) in [5, 5.41) is 15.2. The maximum Gasteiger partial charge on any atom is 0.408 e. The number of carbonyl (C=O) groups excluding carboxylic acids is 2. The fourth-order valence-electron chi connectivity index (χ4n) is 3.97. The fraction of sp³-hybridized carbons (Fsp3) is 0.391. The standard InChI is InChI=1S/C23H27FN4O4/c1-23(2,3)28(22(31)32)15(11-14-7-4-5-8-16(14)24)12-20(29)26-19-13-18-17(27-21(19)30)9-6-10-25-18/h4-10,15,19H,11-13H2,1-3H3,(H,26,29)(H,27,30)(H,31,32)/t15-,19?/m1/s1. The summed E-state index contributed by atoms with van der Waals surface area (Å²) in [5.74, 6) is -1.33. The molecule has 1 aromatic carbocycles. The highest BCUT2D eigenvalue weighted by Crippen LogP contribution is 2.24. The van der Waals surface area contributed by atoms with Crippen molar-refractivity contribution in [3.8, 4) is 0 Å². The molecule has 0 radical (unpaired) electrons. The molecule has 9 heteroatoms. The Morgan fingerprint density at radius 3 is 2.66 bits per heavy atom. The maximum atomic E-state index is 14.3. The van der Waals surface area contributed by atoms with Crippen LogP contribution in [0.4, 0.5) is 14.9 Å². The number of fused-ring (bicyclic) bond motifs is 1. The summed E-state index contributed by atoms with van der Waals surface area (Å²) >= 11 is 0. The lowest BCUT2D eigenvalue weighted by atomic mass is 9.95. The fourth-order valence-corrected chi connectivity index (χ4v) is 3.97. The number of aromatic nitrogens is 1.